The molecule has 5 nitrogen and oxygen atoms in total. The number of hydrogen-bond acceptors (Lipinski definition) is 4. The molecule has 8 heteroatoms. The number of rotatable bonds is 3. The van der Waals surface area contributed by atoms with Gasteiger partial charge in [-0.15, -0.1) is 0 Å². The van der Waals surface area contributed by atoms with E-state index < -0.39 is 34.9 Å². The molecule has 1 aliphatic heterocycles. The van der Waals surface area contributed by atoms with Crippen molar-refractivity contribution in [2.75, 3.05) is 38.2 Å². The largest absolute Gasteiger partial charge is 0.465 e. The Morgan fingerprint density at radius 1 is 0.963 bits per heavy atom. The van der Waals surface area contributed by atoms with Crippen LogP contribution in [0.15, 0.2) is 36.4 Å². The number of anilines is 1. The lowest BCUT2D eigenvalue weighted by molar-refractivity contribution is 0.0600. The van der Waals surface area contributed by atoms with Crippen LogP contribution >= 0.6 is 0 Å². The Morgan fingerprint density at radius 2 is 1.67 bits per heavy atom. The molecule has 0 aliphatic carbocycles. The Labute approximate surface area is 153 Å². The summed E-state index contributed by atoms with van der Waals surface area (Å²) in [4.78, 5) is 27.4. The number of halogens is 3. The molecular formula is C19H17F3N2O3. The van der Waals surface area contributed by atoms with Crippen LogP contribution in [0.3, 0.4) is 0 Å². The maximum atomic E-state index is 13.8. The van der Waals surface area contributed by atoms with Gasteiger partial charge in [0.05, 0.1) is 18.2 Å². The summed E-state index contributed by atoms with van der Waals surface area (Å²) in [6, 6.07) is 8.58. The molecule has 1 aliphatic rings. The van der Waals surface area contributed by atoms with E-state index >= 15 is 0 Å². The van der Waals surface area contributed by atoms with Crippen LogP contribution in [0.4, 0.5) is 18.9 Å². The second kappa shape index (κ2) is 7.69. The molecule has 1 saturated heterocycles. The van der Waals surface area contributed by atoms with Crippen molar-refractivity contribution in [3.05, 3.63) is 65.0 Å². The van der Waals surface area contributed by atoms with Crippen LogP contribution in [0.5, 0.6) is 0 Å². The molecule has 1 amide bonds. The van der Waals surface area contributed by atoms with Gasteiger partial charge in [0.15, 0.2) is 17.5 Å². The van der Waals surface area contributed by atoms with E-state index in [1.165, 1.54) is 12.0 Å². The zero-order valence-corrected chi connectivity index (χ0v) is 14.5. The molecule has 0 atom stereocenters. The van der Waals surface area contributed by atoms with E-state index in [0.29, 0.717) is 18.7 Å². The van der Waals surface area contributed by atoms with Crippen molar-refractivity contribution in [3.63, 3.8) is 0 Å². The number of benzene rings is 2. The van der Waals surface area contributed by atoms with E-state index in [9.17, 15) is 22.8 Å². The van der Waals surface area contributed by atoms with E-state index in [-0.39, 0.29) is 13.1 Å². The van der Waals surface area contributed by atoms with Crippen LogP contribution in [0.25, 0.3) is 0 Å². The van der Waals surface area contributed by atoms with E-state index in [1.54, 1.807) is 18.2 Å². The van der Waals surface area contributed by atoms with Crippen molar-refractivity contribution in [1.29, 1.82) is 0 Å². The smallest absolute Gasteiger partial charge is 0.337 e. The summed E-state index contributed by atoms with van der Waals surface area (Å²) in [5.74, 6) is -5.60. The highest BCUT2D eigenvalue weighted by Gasteiger charge is 2.26. The summed E-state index contributed by atoms with van der Waals surface area (Å²) >= 11 is 0. The summed E-state index contributed by atoms with van der Waals surface area (Å²) in [6.45, 7) is 1.45. The van der Waals surface area contributed by atoms with Crippen LogP contribution in [0.2, 0.25) is 0 Å². The van der Waals surface area contributed by atoms with Crippen LogP contribution < -0.4 is 4.90 Å². The third-order valence-electron chi connectivity index (χ3n) is 4.46. The monoisotopic (exact) mass is 378 g/mol. The number of hydrogen-bond donors (Lipinski definition) is 0. The Kier molecular flexibility index (Phi) is 5.34. The van der Waals surface area contributed by atoms with Gasteiger partial charge in [0.25, 0.3) is 5.91 Å². The molecule has 2 aromatic rings. The molecule has 27 heavy (non-hydrogen) atoms. The molecule has 0 radical (unpaired) electrons. The highest BCUT2D eigenvalue weighted by molar-refractivity contribution is 5.94. The van der Waals surface area contributed by atoms with Crippen LogP contribution in [-0.4, -0.2) is 50.1 Å². The van der Waals surface area contributed by atoms with Crippen LogP contribution in [-0.2, 0) is 4.74 Å². The van der Waals surface area contributed by atoms with Gasteiger partial charge in [-0.3, -0.25) is 4.79 Å². The second-order valence-corrected chi connectivity index (χ2v) is 6.04. The molecule has 0 aromatic heterocycles. The van der Waals surface area contributed by atoms with Crippen molar-refractivity contribution in [2.24, 2.45) is 0 Å². The molecule has 1 fully saturated rings. The first-order valence-corrected chi connectivity index (χ1v) is 8.28. The normalized spacial score (nSPS) is 14.2. The average Bonchev–Trinajstić information content (AvgIpc) is 2.71. The fraction of sp³-hybridized carbons (Fsp3) is 0.263. The predicted molar refractivity (Wildman–Crippen MR) is 92.2 cm³/mol. The van der Waals surface area contributed by atoms with Crippen LogP contribution in [0.1, 0.15) is 20.7 Å². The number of amides is 1. The molecule has 2 aromatic carbocycles. The number of nitrogens with zero attached hydrogens (tertiary/aromatic N) is 2. The van der Waals surface area contributed by atoms with Gasteiger partial charge in [0, 0.05) is 31.9 Å². The first kappa shape index (κ1) is 18.8. The van der Waals surface area contributed by atoms with Gasteiger partial charge < -0.3 is 14.5 Å². The van der Waals surface area contributed by atoms with Gasteiger partial charge in [-0.05, 0) is 30.3 Å². The molecule has 3 rings (SSSR count). The molecule has 0 spiro atoms. The number of carbonyl (C=O) groups is 2. The number of piperazine rings is 1. The third kappa shape index (κ3) is 3.74. The van der Waals surface area contributed by atoms with Gasteiger partial charge in [-0.1, -0.05) is 6.07 Å². The minimum Gasteiger partial charge on any atom is -0.465 e. The first-order valence-electron chi connectivity index (χ1n) is 8.28. The summed E-state index contributed by atoms with van der Waals surface area (Å²) in [7, 11) is 1.30. The Bertz CT molecular complexity index is 880. The van der Waals surface area contributed by atoms with Crippen LogP contribution in [0, 0.1) is 17.5 Å². The summed E-state index contributed by atoms with van der Waals surface area (Å²) < 4.78 is 45.0. The quantitative estimate of drug-likeness (QED) is 0.609. The van der Waals surface area contributed by atoms with Gasteiger partial charge >= 0.3 is 5.97 Å². The lowest BCUT2D eigenvalue weighted by Gasteiger charge is -2.36. The summed E-state index contributed by atoms with van der Waals surface area (Å²) in [6.07, 6.45) is 0. The minimum atomic E-state index is -1.65. The topological polar surface area (TPSA) is 49.9 Å². The van der Waals surface area contributed by atoms with E-state index in [4.69, 9.17) is 4.74 Å². The number of ether oxygens (including phenoxy) is 1. The fourth-order valence-electron chi connectivity index (χ4n) is 2.98. The number of methoxy groups -OCH3 is 1. The van der Waals surface area contributed by atoms with Crippen molar-refractivity contribution in [2.45, 2.75) is 0 Å². The molecule has 0 unspecified atom stereocenters. The van der Waals surface area contributed by atoms with Gasteiger partial charge in [-0.25, -0.2) is 18.0 Å². The predicted octanol–water partition coefficient (Wildman–Crippen LogP) is 2.85. The van der Waals surface area contributed by atoms with Crippen molar-refractivity contribution >= 4 is 17.6 Å². The zero-order valence-electron chi connectivity index (χ0n) is 14.5. The Balaban J connectivity index is 1.70. The fourth-order valence-corrected chi connectivity index (χ4v) is 2.98. The average molecular weight is 378 g/mol. The molecule has 1 heterocycles. The zero-order chi connectivity index (χ0) is 19.6. The van der Waals surface area contributed by atoms with Gasteiger partial charge in [-0.2, -0.15) is 0 Å². The number of carbonyl (C=O) groups excluding carboxylic acids is 2. The molecule has 0 saturated carbocycles. The minimum absolute atomic E-state index is 0.278. The standard InChI is InChI=1S/C19H17F3N2O3/c1-27-19(26)12-3-2-4-13(11-12)23-7-9-24(10-8-23)18(25)14-5-6-15(20)17(22)16(14)21/h2-6,11H,7-10H2,1H3. The molecular weight excluding hydrogens is 361 g/mol. The Morgan fingerprint density at radius 3 is 2.33 bits per heavy atom. The maximum absolute atomic E-state index is 13.8. The van der Waals surface area contributed by atoms with Gasteiger partial charge in [0.1, 0.15) is 0 Å². The van der Waals surface area contributed by atoms with Gasteiger partial charge in [0.2, 0.25) is 0 Å². The SMILES string of the molecule is COC(=O)c1cccc(N2CCN(C(=O)c3ccc(F)c(F)c3F)CC2)c1. The molecule has 142 valence electrons. The summed E-state index contributed by atoms with van der Waals surface area (Å²) in [5.41, 5.74) is 0.719. The second-order valence-electron chi connectivity index (χ2n) is 6.04. The van der Waals surface area contributed by atoms with Crippen molar-refractivity contribution in [3.8, 4) is 0 Å². The van der Waals surface area contributed by atoms with Crippen molar-refractivity contribution in [1.82, 2.24) is 4.90 Å². The lowest BCUT2D eigenvalue weighted by Crippen LogP contribution is -2.49. The Hall–Kier alpha value is -3.03. The van der Waals surface area contributed by atoms with E-state index in [0.717, 1.165) is 17.8 Å². The lowest BCUT2D eigenvalue weighted by atomic mass is 10.1. The highest BCUT2D eigenvalue weighted by Crippen LogP contribution is 2.21. The van der Waals surface area contributed by atoms with Crippen molar-refractivity contribution < 1.29 is 27.5 Å². The van der Waals surface area contributed by atoms with E-state index in [2.05, 4.69) is 0 Å². The maximum Gasteiger partial charge on any atom is 0.337 e. The highest BCUT2D eigenvalue weighted by atomic mass is 19.2. The summed E-state index contributed by atoms with van der Waals surface area (Å²) in [5, 5.41) is 0. The molecule has 0 bridgehead atoms. The van der Waals surface area contributed by atoms with E-state index in [1.807, 2.05) is 11.0 Å². The molecule has 0 N–H and O–H groups in total. The third-order valence-corrected chi connectivity index (χ3v) is 4.46. The number of esters is 1. The first-order chi connectivity index (χ1) is 12.9.